The molecule has 0 radical (unpaired) electrons. The first-order chi connectivity index (χ1) is 15.8. The van der Waals surface area contributed by atoms with Crippen molar-refractivity contribution in [2.75, 3.05) is 20.2 Å². The SMILES string of the molecule is COc1ccc(C(=O)NC2CCN(C(=O)c3ccc4c(c3)C(=O)N(C(C)C)C4=O)CC2)cc1. The second kappa shape index (κ2) is 9.05. The van der Waals surface area contributed by atoms with Crippen molar-refractivity contribution in [3.8, 4) is 5.75 Å². The van der Waals surface area contributed by atoms with Gasteiger partial charge >= 0.3 is 0 Å². The number of nitrogens with zero attached hydrogens (tertiary/aromatic N) is 2. The van der Waals surface area contributed by atoms with Crippen LogP contribution in [0.1, 0.15) is 68.1 Å². The quantitative estimate of drug-likeness (QED) is 0.708. The van der Waals surface area contributed by atoms with Crippen LogP contribution in [0.25, 0.3) is 0 Å². The Morgan fingerprint density at radius 1 is 0.939 bits per heavy atom. The summed E-state index contributed by atoms with van der Waals surface area (Å²) in [7, 11) is 1.57. The number of likely N-dealkylation sites (tertiary alicyclic amines) is 1. The predicted octanol–water partition coefficient (Wildman–Crippen LogP) is 2.73. The summed E-state index contributed by atoms with van der Waals surface area (Å²) in [5.74, 6) is -0.329. The standard InChI is InChI=1S/C25H27N3O5/c1-15(2)28-24(31)20-9-6-17(14-21(20)25(28)32)23(30)27-12-10-18(11-13-27)26-22(29)16-4-7-19(33-3)8-5-16/h4-9,14-15,18H,10-13H2,1-3H3,(H,26,29). The Labute approximate surface area is 192 Å². The number of methoxy groups -OCH3 is 1. The van der Waals surface area contributed by atoms with Crippen LogP contribution in [0.4, 0.5) is 0 Å². The minimum absolute atomic E-state index is 0.0255. The molecule has 0 saturated carbocycles. The molecule has 2 aromatic rings. The molecule has 2 aromatic carbocycles. The van der Waals surface area contributed by atoms with Gasteiger partial charge in [-0.3, -0.25) is 24.1 Å². The monoisotopic (exact) mass is 449 g/mol. The van der Waals surface area contributed by atoms with Crippen LogP contribution in [0, 0.1) is 0 Å². The fourth-order valence-corrected chi connectivity index (χ4v) is 4.28. The van der Waals surface area contributed by atoms with Crippen LogP contribution in [-0.4, -0.2) is 65.7 Å². The summed E-state index contributed by atoms with van der Waals surface area (Å²) < 4.78 is 5.11. The van der Waals surface area contributed by atoms with Crippen molar-refractivity contribution >= 4 is 23.6 Å². The van der Waals surface area contributed by atoms with E-state index in [1.54, 1.807) is 62.3 Å². The van der Waals surface area contributed by atoms with E-state index < -0.39 is 0 Å². The molecule has 2 aliphatic heterocycles. The maximum Gasteiger partial charge on any atom is 0.261 e. The van der Waals surface area contributed by atoms with E-state index in [0.717, 1.165) is 0 Å². The van der Waals surface area contributed by atoms with E-state index >= 15 is 0 Å². The summed E-state index contributed by atoms with van der Waals surface area (Å²) in [6.45, 7) is 4.56. The van der Waals surface area contributed by atoms with E-state index in [2.05, 4.69) is 5.32 Å². The van der Waals surface area contributed by atoms with Crippen molar-refractivity contribution in [3.05, 3.63) is 64.7 Å². The highest BCUT2D eigenvalue weighted by molar-refractivity contribution is 6.22. The molecule has 8 nitrogen and oxygen atoms in total. The second-order valence-corrected chi connectivity index (χ2v) is 8.60. The Bertz CT molecular complexity index is 1100. The third-order valence-corrected chi connectivity index (χ3v) is 6.15. The first kappa shape index (κ1) is 22.5. The molecule has 1 fully saturated rings. The average molecular weight is 450 g/mol. The van der Waals surface area contributed by atoms with Gasteiger partial charge < -0.3 is 15.0 Å². The first-order valence-corrected chi connectivity index (χ1v) is 11.1. The lowest BCUT2D eigenvalue weighted by Gasteiger charge is -2.32. The number of hydrogen-bond donors (Lipinski definition) is 1. The van der Waals surface area contributed by atoms with E-state index in [9.17, 15) is 19.2 Å². The summed E-state index contributed by atoms with van der Waals surface area (Å²) in [5.41, 5.74) is 1.56. The zero-order chi connectivity index (χ0) is 23.7. The van der Waals surface area contributed by atoms with Gasteiger partial charge in [-0.25, -0.2) is 0 Å². The van der Waals surface area contributed by atoms with Gasteiger partial charge in [0.15, 0.2) is 0 Å². The predicted molar refractivity (Wildman–Crippen MR) is 121 cm³/mol. The van der Waals surface area contributed by atoms with Gasteiger partial charge in [-0.05, 0) is 69.2 Å². The highest BCUT2D eigenvalue weighted by atomic mass is 16.5. The van der Waals surface area contributed by atoms with Crippen molar-refractivity contribution < 1.29 is 23.9 Å². The summed E-state index contributed by atoms with van der Waals surface area (Å²) in [6, 6.07) is 11.3. The van der Waals surface area contributed by atoms with E-state index in [1.807, 2.05) is 0 Å². The Morgan fingerprint density at radius 2 is 1.55 bits per heavy atom. The first-order valence-electron chi connectivity index (χ1n) is 11.1. The fraction of sp³-hybridized carbons (Fsp3) is 0.360. The van der Waals surface area contributed by atoms with Crippen LogP contribution < -0.4 is 10.1 Å². The zero-order valence-corrected chi connectivity index (χ0v) is 19.0. The number of benzene rings is 2. The number of hydrogen-bond acceptors (Lipinski definition) is 5. The zero-order valence-electron chi connectivity index (χ0n) is 19.0. The van der Waals surface area contributed by atoms with Gasteiger partial charge in [0.1, 0.15) is 5.75 Å². The van der Waals surface area contributed by atoms with Crippen molar-refractivity contribution in [1.82, 2.24) is 15.1 Å². The van der Waals surface area contributed by atoms with Crippen LogP contribution in [-0.2, 0) is 0 Å². The number of imide groups is 1. The van der Waals surface area contributed by atoms with Crippen LogP contribution in [0.5, 0.6) is 5.75 Å². The number of carbonyl (C=O) groups is 4. The van der Waals surface area contributed by atoms with Gasteiger partial charge in [0.25, 0.3) is 23.6 Å². The topological polar surface area (TPSA) is 96.0 Å². The Morgan fingerprint density at radius 3 is 2.15 bits per heavy atom. The molecule has 2 heterocycles. The normalized spacial score (nSPS) is 16.2. The minimum Gasteiger partial charge on any atom is -0.497 e. The van der Waals surface area contributed by atoms with Gasteiger partial charge in [0.05, 0.1) is 18.2 Å². The summed E-state index contributed by atoms with van der Waals surface area (Å²) in [5, 5.41) is 3.03. The highest BCUT2D eigenvalue weighted by Gasteiger charge is 2.38. The van der Waals surface area contributed by atoms with Gasteiger partial charge in [0.2, 0.25) is 0 Å². The lowest BCUT2D eigenvalue weighted by Crippen LogP contribution is -2.46. The molecule has 4 rings (SSSR count). The van der Waals surface area contributed by atoms with E-state index in [4.69, 9.17) is 4.74 Å². The van der Waals surface area contributed by atoms with E-state index in [-0.39, 0.29) is 41.3 Å². The number of carbonyl (C=O) groups excluding carboxylic acids is 4. The number of fused-ring (bicyclic) bond motifs is 1. The number of ether oxygens (including phenoxy) is 1. The smallest absolute Gasteiger partial charge is 0.261 e. The third-order valence-electron chi connectivity index (χ3n) is 6.15. The molecule has 2 aliphatic rings. The van der Waals surface area contributed by atoms with Crippen LogP contribution >= 0.6 is 0 Å². The van der Waals surface area contributed by atoms with Crippen LogP contribution in [0.2, 0.25) is 0 Å². The fourth-order valence-electron chi connectivity index (χ4n) is 4.28. The molecule has 33 heavy (non-hydrogen) atoms. The van der Waals surface area contributed by atoms with E-state index in [0.29, 0.717) is 48.4 Å². The maximum absolute atomic E-state index is 13.0. The molecule has 0 aliphatic carbocycles. The average Bonchev–Trinajstić information content (AvgIpc) is 3.08. The van der Waals surface area contributed by atoms with Gasteiger partial charge in [-0.1, -0.05) is 0 Å². The molecule has 1 N–H and O–H groups in total. The lowest BCUT2D eigenvalue weighted by molar-refractivity contribution is 0.0607. The molecule has 4 amide bonds. The van der Waals surface area contributed by atoms with E-state index in [1.165, 1.54) is 11.0 Å². The van der Waals surface area contributed by atoms with Crippen molar-refractivity contribution in [1.29, 1.82) is 0 Å². The number of nitrogens with one attached hydrogen (secondary N) is 1. The van der Waals surface area contributed by atoms with Gasteiger partial charge in [-0.15, -0.1) is 0 Å². The molecule has 0 atom stereocenters. The molecule has 8 heteroatoms. The molecule has 0 bridgehead atoms. The number of amides is 4. The number of piperidine rings is 1. The Balaban J connectivity index is 1.37. The molecular formula is C25H27N3O5. The molecule has 1 saturated heterocycles. The van der Waals surface area contributed by atoms with Crippen molar-refractivity contribution in [2.24, 2.45) is 0 Å². The number of rotatable bonds is 5. The lowest BCUT2D eigenvalue weighted by atomic mass is 10.0. The summed E-state index contributed by atoms with van der Waals surface area (Å²) in [4.78, 5) is 53.6. The molecule has 0 aromatic heterocycles. The third kappa shape index (κ3) is 4.33. The largest absolute Gasteiger partial charge is 0.497 e. The van der Waals surface area contributed by atoms with Crippen LogP contribution in [0.15, 0.2) is 42.5 Å². The Hall–Kier alpha value is -3.68. The Kier molecular flexibility index (Phi) is 6.18. The van der Waals surface area contributed by atoms with Crippen molar-refractivity contribution in [3.63, 3.8) is 0 Å². The second-order valence-electron chi connectivity index (χ2n) is 8.60. The molecule has 0 unspecified atom stereocenters. The summed E-state index contributed by atoms with van der Waals surface area (Å²) >= 11 is 0. The summed E-state index contributed by atoms with van der Waals surface area (Å²) in [6.07, 6.45) is 1.27. The van der Waals surface area contributed by atoms with Gasteiger partial charge in [0, 0.05) is 36.3 Å². The molecule has 0 spiro atoms. The van der Waals surface area contributed by atoms with Gasteiger partial charge in [-0.2, -0.15) is 0 Å². The molecule has 172 valence electrons. The van der Waals surface area contributed by atoms with Crippen molar-refractivity contribution in [2.45, 2.75) is 38.8 Å². The molecular weight excluding hydrogens is 422 g/mol. The highest BCUT2D eigenvalue weighted by Crippen LogP contribution is 2.26. The minimum atomic E-state index is -0.361. The maximum atomic E-state index is 13.0. The van der Waals surface area contributed by atoms with Crippen LogP contribution in [0.3, 0.4) is 0 Å².